The van der Waals surface area contributed by atoms with E-state index in [0.717, 1.165) is 56.7 Å². The first-order valence-electron chi connectivity index (χ1n) is 9.67. The van der Waals surface area contributed by atoms with Crippen LogP contribution in [0.2, 0.25) is 0 Å². The third kappa shape index (κ3) is 2.90. The van der Waals surface area contributed by atoms with Crippen LogP contribution in [0.1, 0.15) is 0 Å². The Labute approximate surface area is 163 Å². The normalized spacial score (nSPS) is 18.5. The number of fused-ring (bicyclic) bond motifs is 1. The molecule has 2 aliphatic heterocycles. The van der Waals surface area contributed by atoms with E-state index in [1.165, 1.54) is 0 Å². The van der Waals surface area contributed by atoms with Crippen molar-refractivity contribution in [2.45, 2.75) is 6.04 Å². The number of para-hydroxylation sites is 1. The number of benzene rings is 1. The van der Waals surface area contributed by atoms with E-state index in [9.17, 15) is 4.79 Å². The first-order chi connectivity index (χ1) is 13.7. The largest absolute Gasteiger partial charge is 0.339 e. The lowest BCUT2D eigenvalue weighted by Gasteiger charge is -2.48. The molecule has 4 heterocycles. The van der Waals surface area contributed by atoms with Crippen LogP contribution in [0.15, 0.2) is 47.5 Å². The third-order valence-electron chi connectivity index (χ3n) is 5.77. The summed E-state index contributed by atoms with van der Waals surface area (Å²) in [7, 11) is 1.81. The van der Waals surface area contributed by atoms with Crippen molar-refractivity contribution in [1.29, 1.82) is 0 Å². The maximum absolute atomic E-state index is 12.6. The maximum Gasteiger partial charge on any atom is 0.262 e. The molecule has 2 aromatic heterocycles. The molecular formula is C20H23N7O. The summed E-state index contributed by atoms with van der Waals surface area (Å²) in [5.74, 6) is 1.57. The van der Waals surface area contributed by atoms with Crippen molar-refractivity contribution in [1.82, 2.24) is 24.4 Å². The van der Waals surface area contributed by atoms with Crippen LogP contribution in [0.5, 0.6) is 0 Å². The molecule has 0 aliphatic carbocycles. The SMILES string of the molecule is Cn1c(N2CC(N3CCN(c4ncccn4)CC3)C2)nc2ccccc2c1=O. The molecule has 0 bridgehead atoms. The zero-order valence-electron chi connectivity index (χ0n) is 15.9. The molecule has 0 spiro atoms. The number of nitrogens with zero attached hydrogens (tertiary/aromatic N) is 7. The molecular weight excluding hydrogens is 354 g/mol. The predicted octanol–water partition coefficient (Wildman–Crippen LogP) is 0.734. The summed E-state index contributed by atoms with van der Waals surface area (Å²) in [5, 5.41) is 0.671. The van der Waals surface area contributed by atoms with E-state index >= 15 is 0 Å². The highest BCUT2D eigenvalue weighted by Gasteiger charge is 2.35. The van der Waals surface area contributed by atoms with Crippen molar-refractivity contribution in [3.05, 3.63) is 53.1 Å². The molecule has 8 heteroatoms. The van der Waals surface area contributed by atoms with Gasteiger partial charge in [0.2, 0.25) is 11.9 Å². The molecule has 1 aromatic carbocycles. The maximum atomic E-state index is 12.6. The summed E-state index contributed by atoms with van der Waals surface area (Å²) in [6.45, 7) is 5.68. The van der Waals surface area contributed by atoms with Crippen molar-refractivity contribution in [2.75, 3.05) is 49.1 Å². The van der Waals surface area contributed by atoms with Gasteiger partial charge in [-0.15, -0.1) is 0 Å². The molecule has 3 aromatic rings. The standard InChI is InChI=1S/C20H23N7O/c1-24-18(28)16-5-2-3-6-17(16)23-20(24)27-13-15(14-27)25-9-11-26(12-10-25)19-21-7-4-8-22-19/h2-8,15H,9-14H2,1H3. The van der Waals surface area contributed by atoms with E-state index in [4.69, 9.17) is 4.98 Å². The topological polar surface area (TPSA) is 70.4 Å². The van der Waals surface area contributed by atoms with Gasteiger partial charge in [-0.25, -0.2) is 15.0 Å². The Hall–Kier alpha value is -3.00. The highest BCUT2D eigenvalue weighted by molar-refractivity contribution is 5.78. The van der Waals surface area contributed by atoms with Gasteiger partial charge < -0.3 is 9.80 Å². The number of aromatic nitrogens is 4. The number of anilines is 2. The first kappa shape index (κ1) is 17.1. The van der Waals surface area contributed by atoms with E-state index in [1.807, 2.05) is 37.4 Å². The monoisotopic (exact) mass is 377 g/mol. The second kappa shape index (κ2) is 6.87. The van der Waals surface area contributed by atoms with Gasteiger partial charge in [0.15, 0.2) is 0 Å². The van der Waals surface area contributed by atoms with Crippen molar-refractivity contribution in [2.24, 2.45) is 7.05 Å². The van der Waals surface area contributed by atoms with E-state index in [-0.39, 0.29) is 5.56 Å². The summed E-state index contributed by atoms with van der Waals surface area (Å²) in [5.41, 5.74) is 0.779. The van der Waals surface area contributed by atoms with Crippen LogP contribution in [0.3, 0.4) is 0 Å². The lowest BCUT2D eigenvalue weighted by Crippen LogP contribution is -2.64. The van der Waals surface area contributed by atoms with Gasteiger partial charge >= 0.3 is 0 Å². The highest BCUT2D eigenvalue weighted by atomic mass is 16.1. The van der Waals surface area contributed by atoms with Gasteiger partial charge in [-0.3, -0.25) is 14.3 Å². The zero-order valence-corrected chi connectivity index (χ0v) is 15.9. The van der Waals surface area contributed by atoms with Crippen LogP contribution in [0.25, 0.3) is 10.9 Å². The summed E-state index contributed by atoms with van der Waals surface area (Å²) in [6, 6.07) is 9.89. The molecule has 0 atom stereocenters. The minimum atomic E-state index is 0.0144. The lowest BCUT2D eigenvalue weighted by atomic mass is 10.1. The van der Waals surface area contributed by atoms with Crippen LogP contribution in [0.4, 0.5) is 11.9 Å². The molecule has 0 amide bonds. The van der Waals surface area contributed by atoms with Crippen LogP contribution < -0.4 is 15.4 Å². The molecule has 5 rings (SSSR count). The minimum absolute atomic E-state index is 0.0144. The van der Waals surface area contributed by atoms with Gasteiger partial charge in [-0.05, 0) is 18.2 Å². The molecule has 0 N–H and O–H groups in total. The Kier molecular flexibility index (Phi) is 4.20. The quantitative estimate of drug-likeness (QED) is 0.667. The molecule has 2 saturated heterocycles. The van der Waals surface area contributed by atoms with Gasteiger partial charge in [0.25, 0.3) is 5.56 Å². The number of hydrogen-bond acceptors (Lipinski definition) is 7. The number of rotatable bonds is 3. The van der Waals surface area contributed by atoms with Crippen molar-refractivity contribution >= 4 is 22.8 Å². The molecule has 2 aliphatic rings. The van der Waals surface area contributed by atoms with Crippen LogP contribution >= 0.6 is 0 Å². The van der Waals surface area contributed by atoms with E-state index in [1.54, 1.807) is 17.0 Å². The molecule has 28 heavy (non-hydrogen) atoms. The van der Waals surface area contributed by atoms with Gasteiger partial charge in [0, 0.05) is 64.8 Å². The Morgan fingerprint density at radius 2 is 1.64 bits per heavy atom. The molecule has 0 saturated carbocycles. The average Bonchev–Trinajstić information content (AvgIpc) is 2.72. The van der Waals surface area contributed by atoms with E-state index in [2.05, 4.69) is 24.7 Å². The lowest BCUT2D eigenvalue weighted by molar-refractivity contribution is 0.155. The highest BCUT2D eigenvalue weighted by Crippen LogP contribution is 2.23. The fourth-order valence-corrected chi connectivity index (χ4v) is 4.08. The van der Waals surface area contributed by atoms with Crippen LogP contribution in [0, 0.1) is 0 Å². The molecule has 0 unspecified atom stereocenters. The Morgan fingerprint density at radius 1 is 0.929 bits per heavy atom. The van der Waals surface area contributed by atoms with Gasteiger partial charge in [0.05, 0.1) is 10.9 Å². The Bertz CT molecular complexity index is 1040. The van der Waals surface area contributed by atoms with Crippen LogP contribution in [-0.2, 0) is 7.05 Å². The van der Waals surface area contributed by atoms with E-state index < -0.39 is 0 Å². The van der Waals surface area contributed by atoms with Gasteiger partial charge in [-0.2, -0.15) is 0 Å². The number of piperazine rings is 1. The minimum Gasteiger partial charge on any atom is -0.339 e. The molecule has 0 radical (unpaired) electrons. The Morgan fingerprint density at radius 3 is 2.39 bits per heavy atom. The van der Waals surface area contributed by atoms with Crippen molar-refractivity contribution < 1.29 is 0 Å². The van der Waals surface area contributed by atoms with Crippen LogP contribution in [-0.4, -0.2) is 69.7 Å². The third-order valence-corrected chi connectivity index (χ3v) is 5.77. The predicted molar refractivity (Wildman–Crippen MR) is 109 cm³/mol. The summed E-state index contributed by atoms with van der Waals surface area (Å²) in [6.07, 6.45) is 3.58. The zero-order chi connectivity index (χ0) is 19.1. The second-order valence-electron chi connectivity index (χ2n) is 7.42. The smallest absolute Gasteiger partial charge is 0.262 e. The summed E-state index contributed by atoms with van der Waals surface area (Å²) < 4.78 is 1.67. The molecule has 2 fully saturated rings. The fourth-order valence-electron chi connectivity index (χ4n) is 4.08. The number of hydrogen-bond donors (Lipinski definition) is 0. The van der Waals surface area contributed by atoms with Gasteiger partial charge in [-0.1, -0.05) is 12.1 Å². The molecule has 8 nitrogen and oxygen atoms in total. The van der Waals surface area contributed by atoms with Crippen molar-refractivity contribution in [3.8, 4) is 0 Å². The first-order valence-corrected chi connectivity index (χ1v) is 9.67. The van der Waals surface area contributed by atoms with Gasteiger partial charge in [0.1, 0.15) is 0 Å². The van der Waals surface area contributed by atoms with Crippen molar-refractivity contribution in [3.63, 3.8) is 0 Å². The molecule has 144 valence electrons. The fraction of sp³-hybridized carbons (Fsp3) is 0.400. The second-order valence-corrected chi connectivity index (χ2v) is 7.42. The summed E-state index contributed by atoms with van der Waals surface area (Å²) in [4.78, 5) is 33.0. The van der Waals surface area contributed by atoms with E-state index in [0.29, 0.717) is 11.4 Å². The average molecular weight is 377 g/mol. The summed E-state index contributed by atoms with van der Waals surface area (Å²) >= 11 is 0. The Balaban J connectivity index is 1.24.